The highest BCUT2D eigenvalue weighted by Gasteiger charge is 2.50. The summed E-state index contributed by atoms with van der Waals surface area (Å²) in [6.45, 7) is -0.399. The Kier molecular flexibility index (Phi) is 9.55. The topological polar surface area (TPSA) is 158 Å². The number of nitro groups is 1. The Morgan fingerprint density at radius 1 is 0.556 bits per heavy atom. The number of non-ortho nitro benzene ring substituents is 1. The highest BCUT2D eigenvalue weighted by molar-refractivity contribution is 5.92. The molecule has 5 rings (SSSR count). The summed E-state index contributed by atoms with van der Waals surface area (Å²) in [4.78, 5) is 63.1. The van der Waals surface area contributed by atoms with Crippen LogP contribution in [-0.4, -0.2) is 60.0 Å². The average molecular weight is 612 g/mol. The molecule has 12 nitrogen and oxygen atoms in total. The quantitative estimate of drug-likeness (QED) is 0.111. The largest absolute Gasteiger partial charge is 0.452 e. The predicted molar refractivity (Wildman–Crippen MR) is 155 cm³/mol. The van der Waals surface area contributed by atoms with Gasteiger partial charge in [-0.1, -0.05) is 54.6 Å². The second kappa shape index (κ2) is 14.1. The van der Waals surface area contributed by atoms with Gasteiger partial charge in [-0.2, -0.15) is 0 Å². The number of hydrogen-bond donors (Lipinski definition) is 0. The SMILES string of the molecule is O=C(OC1COC(OC(=O)c2ccccc2)C(OC(=O)c2ccc([N+](=O)[O-])cc2)C1OC(=O)c1ccccc1)c1ccccc1. The first-order valence-electron chi connectivity index (χ1n) is 13.7. The summed E-state index contributed by atoms with van der Waals surface area (Å²) < 4.78 is 28.5. The number of carbonyl (C=O) groups is 4. The van der Waals surface area contributed by atoms with Crippen LogP contribution < -0.4 is 0 Å². The smallest absolute Gasteiger partial charge is 0.340 e. The van der Waals surface area contributed by atoms with Crippen molar-refractivity contribution in [3.63, 3.8) is 0 Å². The zero-order valence-corrected chi connectivity index (χ0v) is 23.4. The van der Waals surface area contributed by atoms with E-state index in [1.165, 1.54) is 48.5 Å². The van der Waals surface area contributed by atoms with Crippen molar-refractivity contribution in [2.45, 2.75) is 24.6 Å². The molecule has 1 aliphatic heterocycles. The normalized spacial score (nSPS) is 19.0. The Morgan fingerprint density at radius 2 is 0.956 bits per heavy atom. The molecule has 0 aliphatic carbocycles. The van der Waals surface area contributed by atoms with Crippen molar-refractivity contribution >= 4 is 29.6 Å². The van der Waals surface area contributed by atoms with E-state index < -0.39 is 60.0 Å². The van der Waals surface area contributed by atoms with Gasteiger partial charge in [-0.25, -0.2) is 19.2 Å². The molecule has 1 aliphatic rings. The zero-order chi connectivity index (χ0) is 31.8. The van der Waals surface area contributed by atoms with E-state index in [-0.39, 0.29) is 27.9 Å². The van der Waals surface area contributed by atoms with Gasteiger partial charge >= 0.3 is 23.9 Å². The van der Waals surface area contributed by atoms with E-state index in [9.17, 15) is 29.3 Å². The van der Waals surface area contributed by atoms with Crippen LogP contribution in [0.5, 0.6) is 0 Å². The molecule has 0 saturated carbocycles. The molecule has 0 bridgehead atoms. The number of nitrogens with zero attached hydrogens (tertiary/aromatic N) is 1. The van der Waals surface area contributed by atoms with Crippen LogP contribution >= 0.6 is 0 Å². The summed E-state index contributed by atoms with van der Waals surface area (Å²) in [5.74, 6) is -3.45. The van der Waals surface area contributed by atoms with E-state index in [2.05, 4.69) is 0 Å². The third-order valence-corrected chi connectivity index (χ3v) is 6.69. The minimum absolute atomic E-state index is 0.0923. The van der Waals surface area contributed by atoms with Crippen molar-refractivity contribution in [3.05, 3.63) is 148 Å². The minimum Gasteiger partial charge on any atom is -0.452 e. The lowest BCUT2D eigenvalue weighted by atomic mass is 10.0. The van der Waals surface area contributed by atoms with Crippen molar-refractivity contribution in [1.82, 2.24) is 0 Å². The molecule has 4 atom stereocenters. The first-order valence-corrected chi connectivity index (χ1v) is 13.7. The van der Waals surface area contributed by atoms with E-state index in [1.54, 1.807) is 54.6 Å². The Labute approximate surface area is 256 Å². The highest BCUT2D eigenvalue weighted by atomic mass is 16.7. The molecule has 0 N–H and O–H groups in total. The van der Waals surface area contributed by atoms with Crippen molar-refractivity contribution in [3.8, 4) is 0 Å². The van der Waals surface area contributed by atoms with Crippen molar-refractivity contribution in [1.29, 1.82) is 0 Å². The van der Waals surface area contributed by atoms with Gasteiger partial charge in [-0.15, -0.1) is 0 Å². The Bertz CT molecular complexity index is 1660. The fraction of sp³-hybridized carbons (Fsp3) is 0.152. The standard InChI is InChI=1S/C33H25NO11/c35-29(21-10-4-1-5-11-21)42-26-20-41-33(45-32(38)23-14-8-3-9-15-23)28(27(26)43-30(36)22-12-6-2-7-13-22)44-31(37)24-16-18-25(19-17-24)34(39)40/h1-19,26-28,33H,20H2. The van der Waals surface area contributed by atoms with Gasteiger partial charge in [0.15, 0.2) is 12.2 Å². The van der Waals surface area contributed by atoms with Gasteiger partial charge < -0.3 is 23.7 Å². The van der Waals surface area contributed by atoms with Gasteiger partial charge in [0.1, 0.15) is 0 Å². The van der Waals surface area contributed by atoms with E-state index in [4.69, 9.17) is 23.7 Å². The van der Waals surface area contributed by atoms with Crippen LogP contribution in [0.2, 0.25) is 0 Å². The Balaban J connectivity index is 1.48. The van der Waals surface area contributed by atoms with Crippen LogP contribution in [-0.2, 0) is 23.7 Å². The molecule has 0 radical (unpaired) electrons. The molecule has 0 aromatic heterocycles. The molecule has 12 heteroatoms. The molecular formula is C33H25NO11. The monoisotopic (exact) mass is 611 g/mol. The lowest BCUT2D eigenvalue weighted by molar-refractivity contribution is -0.384. The Hall–Kier alpha value is -5.88. The number of carbonyl (C=O) groups excluding carboxylic acids is 4. The average Bonchev–Trinajstić information content (AvgIpc) is 3.08. The molecule has 1 saturated heterocycles. The maximum atomic E-state index is 13.3. The number of esters is 4. The first kappa shape index (κ1) is 30.6. The highest BCUT2D eigenvalue weighted by Crippen LogP contribution is 2.28. The predicted octanol–water partition coefficient (Wildman–Crippen LogP) is 4.78. The lowest BCUT2D eigenvalue weighted by Gasteiger charge is -2.40. The molecule has 4 aromatic carbocycles. The van der Waals surface area contributed by atoms with Crippen LogP contribution in [0, 0.1) is 10.1 Å². The van der Waals surface area contributed by atoms with Gasteiger partial charge in [0.05, 0.1) is 33.8 Å². The summed E-state index contributed by atoms with van der Waals surface area (Å²) in [6, 6.07) is 28.5. The summed E-state index contributed by atoms with van der Waals surface area (Å²) in [6.07, 6.45) is -6.09. The van der Waals surface area contributed by atoms with Crippen molar-refractivity contribution in [2.24, 2.45) is 0 Å². The summed E-state index contributed by atoms with van der Waals surface area (Å²) >= 11 is 0. The van der Waals surface area contributed by atoms with Crippen LogP contribution in [0.3, 0.4) is 0 Å². The van der Waals surface area contributed by atoms with Crippen molar-refractivity contribution < 1.29 is 47.8 Å². The summed E-state index contributed by atoms with van der Waals surface area (Å²) in [5, 5.41) is 11.1. The molecule has 1 heterocycles. The molecule has 0 amide bonds. The minimum atomic E-state index is -1.64. The first-order chi connectivity index (χ1) is 21.8. The molecule has 228 valence electrons. The number of rotatable bonds is 9. The van der Waals surface area contributed by atoms with Gasteiger partial charge in [-0.3, -0.25) is 10.1 Å². The second-order valence-electron chi connectivity index (χ2n) is 9.69. The maximum absolute atomic E-state index is 13.3. The lowest BCUT2D eigenvalue weighted by Crippen LogP contribution is -2.58. The second-order valence-corrected chi connectivity index (χ2v) is 9.69. The number of benzene rings is 4. The number of ether oxygens (including phenoxy) is 5. The zero-order valence-electron chi connectivity index (χ0n) is 23.4. The molecule has 1 fully saturated rings. The van der Waals surface area contributed by atoms with E-state index in [0.717, 1.165) is 12.1 Å². The fourth-order valence-corrected chi connectivity index (χ4v) is 4.42. The van der Waals surface area contributed by atoms with Crippen LogP contribution in [0.4, 0.5) is 5.69 Å². The van der Waals surface area contributed by atoms with Crippen molar-refractivity contribution in [2.75, 3.05) is 6.61 Å². The maximum Gasteiger partial charge on any atom is 0.340 e. The van der Waals surface area contributed by atoms with Crippen LogP contribution in [0.25, 0.3) is 0 Å². The summed E-state index contributed by atoms with van der Waals surface area (Å²) in [5.41, 5.74) is 0.158. The third-order valence-electron chi connectivity index (χ3n) is 6.69. The van der Waals surface area contributed by atoms with Gasteiger partial charge in [0.2, 0.25) is 12.4 Å². The Morgan fingerprint density at radius 3 is 1.42 bits per heavy atom. The van der Waals surface area contributed by atoms with E-state index in [0.29, 0.717) is 0 Å². The molecule has 0 spiro atoms. The van der Waals surface area contributed by atoms with Crippen LogP contribution in [0.15, 0.2) is 115 Å². The van der Waals surface area contributed by atoms with Crippen LogP contribution in [0.1, 0.15) is 41.4 Å². The molecular weight excluding hydrogens is 586 g/mol. The van der Waals surface area contributed by atoms with Gasteiger partial charge in [-0.05, 0) is 48.5 Å². The molecule has 4 aromatic rings. The number of hydrogen-bond acceptors (Lipinski definition) is 11. The third kappa shape index (κ3) is 7.56. The summed E-state index contributed by atoms with van der Waals surface area (Å²) in [7, 11) is 0. The number of nitro benzene ring substituents is 1. The van der Waals surface area contributed by atoms with E-state index in [1.807, 2.05) is 0 Å². The van der Waals surface area contributed by atoms with Gasteiger partial charge in [0, 0.05) is 12.1 Å². The van der Waals surface area contributed by atoms with E-state index >= 15 is 0 Å². The van der Waals surface area contributed by atoms with Gasteiger partial charge in [0.25, 0.3) is 5.69 Å². The fourth-order valence-electron chi connectivity index (χ4n) is 4.42. The molecule has 45 heavy (non-hydrogen) atoms. The molecule has 4 unspecified atom stereocenters.